The van der Waals surface area contributed by atoms with E-state index in [-0.39, 0.29) is 11.9 Å². The van der Waals surface area contributed by atoms with Gasteiger partial charge in [0.1, 0.15) is 5.82 Å². The number of anilines is 1. The fourth-order valence-electron chi connectivity index (χ4n) is 1.77. The van der Waals surface area contributed by atoms with E-state index in [4.69, 9.17) is 23.2 Å². The summed E-state index contributed by atoms with van der Waals surface area (Å²) in [5.74, 6) is -0.345. The predicted molar refractivity (Wildman–Crippen MR) is 82.6 cm³/mol. The Morgan fingerprint density at radius 2 is 1.84 bits per heavy atom. The second kappa shape index (κ2) is 6.12. The van der Waals surface area contributed by atoms with Crippen molar-refractivity contribution < 1.29 is 4.39 Å². The van der Waals surface area contributed by atoms with E-state index in [1.807, 2.05) is 25.1 Å². The zero-order chi connectivity index (χ0) is 14.0. The average Bonchev–Trinajstić information content (AvgIpc) is 2.32. The molecule has 2 aromatic carbocycles. The minimum atomic E-state index is -0.345. The van der Waals surface area contributed by atoms with Gasteiger partial charge in [0.15, 0.2) is 0 Å². The smallest absolute Gasteiger partial charge is 0.124 e. The van der Waals surface area contributed by atoms with E-state index >= 15 is 0 Å². The standard InChI is InChI=1S/C14H11BrCl2FN/c1-8(11-4-3-10(18)7-12(11)16)19-14-5-2-9(15)6-13(14)17/h2-8,19H,1H3. The van der Waals surface area contributed by atoms with E-state index in [1.54, 1.807) is 6.07 Å². The Morgan fingerprint density at radius 3 is 2.47 bits per heavy atom. The van der Waals surface area contributed by atoms with Crippen molar-refractivity contribution in [2.45, 2.75) is 13.0 Å². The summed E-state index contributed by atoms with van der Waals surface area (Å²) < 4.78 is 13.9. The number of nitrogens with one attached hydrogen (secondary N) is 1. The lowest BCUT2D eigenvalue weighted by atomic mass is 10.1. The van der Waals surface area contributed by atoms with Crippen LogP contribution in [-0.2, 0) is 0 Å². The van der Waals surface area contributed by atoms with Crippen LogP contribution in [0.15, 0.2) is 40.9 Å². The highest BCUT2D eigenvalue weighted by atomic mass is 79.9. The number of hydrogen-bond donors (Lipinski definition) is 1. The molecule has 0 bridgehead atoms. The maximum absolute atomic E-state index is 13.0. The molecular formula is C14H11BrCl2FN. The minimum Gasteiger partial charge on any atom is -0.377 e. The van der Waals surface area contributed by atoms with Crippen LogP contribution in [0.1, 0.15) is 18.5 Å². The van der Waals surface area contributed by atoms with Crippen molar-refractivity contribution in [3.63, 3.8) is 0 Å². The van der Waals surface area contributed by atoms with Crippen LogP contribution in [0.5, 0.6) is 0 Å². The highest BCUT2D eigenvalue weighted by Crippen LogP contribution is 2.31. The van der Waals surface area contributed by atoms with Gasteiger partial charge in [0.05, 0.1) is 16.8 Å². The van der Waals surface area contributed by atoms with Gasteiger partial charge < -0.3 is 5.32 Å². The Labute approximate surface area is 129 Å². The first-order valence-electron chi connectivity index (χ1n) is 5.64. The van der Waals surface area contributed by atoms with Crippen molar-refractivity contribution in [3.8, 4) is 0 Å². The van der Waals surface area contributed by atoms with E-state index in [1.165, 1.54) is 12.1 Å². The molecule has 0 heterocycles. The summed E-state index contributed by atoms with van der Waals surface area (Å²) in [5.41, 5.74) is 1.62. The second-order valence-corrected chi connectivity index (χ2v) is 5.89. The molecule has 0 radical (unpaired) electrons. The van der Waals surface area contributed by atoms with Crippen LogP contribution in [0, 0.1) is 5.82 Å². The lowest BCUT2D eigenvalue weighted by Gasteiger charge is -2.18. The van der Waals surface area contributed by atoms with Crippen LogP contribution >= 0.6 is 39.1 Å². The Morgan fingerprint density at radius 1 is 1.11 bits per heavy atom. The fraction of sp³-hybridized carbons (Fsp3) is 0.143. The second-order valence-electron chi connectivity index (χ2n) is 4.16. The molecule has 0 aliphatic heterocycles. The molecule has 2 aromatic rings. The summed E-state index contributed by atoms with van der Waals surface area (Å²) in [6.07, 6.45) is 0. The zero-order valence-electron chi connectivity index (χ0n) is 10.1. The Hall–Kier alpha value is -0.770. The van der Waals surface area contributed by atoms with Gasteiger partial charge in [-0.25, -0.2) is 4.39 Å². The third-order valence-corrected chi connectivity index (χ3v) is 3.87. The molecule has 19 heavy (non-hydrogen) atoms. The van der Waals surface area contributed by atoms with Gasteiger partial charge in [0.25, 0.3) is 0 Å². The van der Waals surface area contributed by atoms with E-state index in [2.05, 4.69) is 21.2 Å². The largest absolute Gasteiger partial charge is 0.377 e. The number of rotatable bonds is 3. The minimum absolute atomic E-state index is 0.0771. The summed E-state index contributed by atoms with van der Waals surface area (Å²) in [6, 6.07) is 9.87. The first-order chi connectivity index (χ1) is 8.97. The van der Waals surface area contributed by atoms with E-state index in [0.717, 1.165) is 15.7 Å². The van der Waals surface area contributed by atoms with Crippen LogP contribution in [-0.4, -0.2) is 0 Å². The van der Waals surface area contributed by atoms with Gasteiger partial charge >= 0.3 is 0 Å². The molecule has 0 fully saturated rings. The highest BCUT2D eigenvalue weighted by Gasteiger charge is 2.12. The predicted octanol–water partition coefficient (Wildman–Crippen LogP) is 6.07. The van der Waals surface area contributed by atoms with Crippen LogP contribution in [0.25, 0.3) is 0 Å². The molecule has 0 saturated heterocycles. The van der Waals surface area contributed by atoms with Gasteiger partial charge in [0, 0.05) is 9.50 Å². The van der Waals surface area contributed by atoms with Gasteiger partial charge in [0.2, 0.25) is 0 Å². The maximum Gasteiger partial charge on any atom is 0.124 e. The van der Waals surface area contributed by atoms with Gasteiger partial charge in [-0.05, 0) is 42.8 Å². The maximum atomic E-state index is 13.0. The third-order valence-electron chi connectivity index (χ3n) is 2.73. The Balaban J connectivity index is 2.23. The molecule has 1 N–H and O–H groups in total. The summed E-state index contributed by atoms with van der Waals surface area (Å²) in [7, 11) is 0. The molecule has 2 rings (SSSR count). The normalized spacial score (nSPS) is 12.3. The van der Waals surface area contributed by atoms with Crippen molar-refractivity contribution in [3.05, 3.63) is 62.3 Å². The van der Waals surface area contributed by atoms with Crippen LogP contribution < -0.4 is 5.32 Å². The van der Waals surface area contributed by atoms with Gasteiger partial charge in [-0.2, -0.15) is 0 Å². The molecule has 0 aliphatic carbocycles. The summed E-state index contributed by atoms with van der Waals surface area (Å²) in [5, 5.41) is 4.26. The fourth-order valence-corrected chi connectivity index (χ4v) is 2.83. The molecular weight excluding hydrogens is 352 g/mol. The Kier molecular flexibility index (Phi) is 4.71. The number of hydrogen-bond acceptors (Lipinski definition) is 1. The quantitative estimate of drug-likeness (QED) is 0.698. The summed E-state index contributed by atoms with van der Waals surface area (Å²) in [4.78, 5) is 0. The zero-order valence-corrected chi connectivity index (χ0v) is 13.2. The summed E-state index contributed by atoms with van der Waals surface area (Å²) in [6.45, 7) is 1.94. The van der Waals surface area contributed by atoms with Crippen molar-refractivity contribution in [2.75, 3.05) is 5.32 Å². The topological polar surface area (TPSA) is 12.0 Å². The molecule has 1 nitrogen and oxygen atoms in total. The molecule has 0 aliphatic rings. The molecule has 0 aromatic heterocycles. The average molecular weight is 363 g/mol. The Bertz CT molecular complexity index is 604. The molecule has 1 unspecified atom stereocenters. The third kappa shape index (κ3) is 3.62. The lowest BCUT2D eigenvalue weighted by Crippen LogP contribution is -2.07. The van der Waals surface area contributed by atoms with Crippen LogP contribution in [0.2, 0.25) is 10.0 Å². The summed E-state index contributed by atoms with van der Waals surface area (Å²) >= 11 is 15.5. The van der Waals surface area contributed by atoms with Crippen molar-refractivity contribution >= 4 is 44.8 Å². The first kappa shape index (κ1) is 14.6. The van der Waals surface area contributed by atoms with Gasteiger partial charge in [-0.3, -0.25) is 0 Å². The molecule has 5 heteroatoms. The van der Waals surface area contributed by atoms with Crippen molar-refractivity contribution in [1.29, 1.82) is 0 Å². The van der Waals surface area contributed by atoms with Crippen LogP contribution in [0.4, 0.5) is 10.1 Å². The molecule has 100 valence electrons. The molecule has 0 saturated carbocycles. The van der Waals surface area contributed by atoms with E-state index in [9.17, 15) is 4.39 Å². The monoisotopic (exact) mass is 361 g/mol. The first-order valence-corrected chi connectivity index (χ1v) is 7.19. The van der Waals surface area contributed by atoms with Crippen molar-refractivity contribution in [2.24, 2.45) is 0 Å². The highest BCUT2D eigenvalue weighted by molar-refractivity contribution is 9.10. The number of benzene rings is 2. The van der Waals surface area contributed by atoms with E-state index < -0.39 is 0 Å². The number of halogens is 4. The van der Waals surface area contributed by atoms with Gasteiger partial charge in [-0.1, -0.05) is 45.2 Å². The SMILES string of the molecule is CC(Nc1ccc(Br)cc1Cl)c1ccc(F)cc1Cl. The van der Waals surface area contributed by atoms with Crippen LogP contribution in [0.3, 0.4) is 0 Å². The van der Waals surface area contributed by atoms with Crippen molar-refractivity contribution in [1.82, 2.24) is 0 Å². The van der Waals surface area contributed by atoms with E-state index in [0.29, 0.717) is 10.0 Å². The van der Waals surface area contributed by atoms with Gasteiger partial charge in [-0.15, -0.1) is 0 Å². The lowest BCUT2D eigenvalue weighted by molar-refractivity contribution is 0.626. The molecule has 0 amide bonds. The molecule has 1 atom stereocenters. The molecule has 0 spiro atoms.